The largest absolute Gasteiger partial charge is 0.310 e. The van der Waals surface area contributed by atoms with Gasteiger partial charge in [0.1, 0.15) is 5.69 Å². The van der Waals surface area contributed by atoms with Gasteiger partial charge in [-0.15, -0.1) is 11.3 Å². The zero-order valence-electron chi connectivity index (χ0n) is 15.2. The molecule has 1 saturated carbocycles. The van der Waals surface area contributed by atoms with Gasteiger partial charge in [-0.3, -0.25) is 15.1 Å². The van der Waals surface area contributed by atoms with Crippen molar-refractivity contribution in [3.63, 3.8) is 0 Å². The molecular formula is C21H19N5OS. The predicted molar refractivity (Wildman–Crippen MR) is 110 cm³/mol. The number of aryl methyl sites for hydroxylation is 2. The molecule has 7 heteroatoms. The van der Waals surface area contributed by atoms with Crippen LogP contribution in [0.1, 0.15) is 39.9 Å². The van der Waals surface area contributed by atoms with Crippen LogP contribution in [-0.4, -0.2) is 25.4 Å². The minimum Gasteiger partial charge on any atom is -0.310 e. The van der Waals surface area contributed by atoms with E-state index in [4.69, 9.17) is 0 Å². The number of anilines is 1. The number of hydrogen-bond donors (Lipinski definition) is 1. The molecule has 1 aliphatic rings. The van der Waals surface area contributed by atoms with E-state index in [9.17, 15) is 4.79 Å². The Morgan fingerprint density at radius 2 is 2.00 bits per heavy atom. The van der Waals surface area contributed by atoms with Crippen molar-refractivity contribution in [1.82, 2.24) is 19.5 Å². The third kappa shape index (κ3) is 3.41. The lowest BCUT2D eigenvalue weighted by Crippen LogP contribution is -2.17. The number of benzene rings is 1. The van der Waals surface area contributed by atoms with Crippen molar-refractivity contribution in [2.75, 3.05) is 5.32 Å². The molecule has 28 heavy (non-hydrogen) atoms. The van der Waals surface area contributed by atoms with Crippen molar-refractivity contribution in [3.05, 3.63) is 70.4 Å². The van der Waals surface area contributed by atoms with Crippen LogP contribution in [0.3, 0.4) is 0 Å². The highest BCUT2D eigenvalue weighted by molar-refractivity contribution is 7.10. The lowest BCUT2D eigenvalue weighted by molar-refractivity contribution is 0.102. The third-order valence-corrected chi connectivity index (χ3v) is 5.89. The lowest BCUT2D eigenvalue weighted by atomic mass is 10.2. The Hall–Kier alpha value is -3.06. The highest BCUT2D eigenvalue weighted by atomic mass is 32.1. The number of thiazole rings is 1. The van der Waals surface area contributed by atoms with Gasteiger partial charge in [-0.25, -0.2) is 9.97 Å². The summed E-state index contributed by atoms with van der Waals surface area (Å²) in [6, 6.07) is 13.8. The van der Waals surface area contributed by atoms with Gasteiger partial charge in [-0.1, -0.05) is 18.2 Å². The Morgan fingerprint density at radius 3 is 2.82 bits per heavy atom. The summed E-state index contributed by atoms with van der Waals surface area (Å²) >= 11 is 1.57. The van der Waals surface area contributed by atoms with Crippen LogP contribution in [0.4, 0.5) is 5.95 Å². The number of carbonyl (C=O) groups is 1. The van der Waals surface area contributed by atoms with E-state index in [1.807, 2.05) is 52.4 Å². The summed E-state index contributed by atoms with van der Waals surface area (Å²) in [6.45, 7) is 0.678. The average molecular weight is 389 g/mol. The number of aromatic nitrogens is 4. The van der Waals surface area contributed by atoms with Gasteiger partial charge in [0.2, 0.25) is 5.95 Å². The van der Waals surface area contributed by atoms with E-state index in [1.54, 1.807) is 17.5 Å². The maximum atomic E-state index is 12.7. The van der Waals surface area contributed by atoms with Gasteiger partial charge in [-0.05, 0) is 37.1 Å². The first kappa shape index (κ1) is 17.1. The number of imidazole rings is 1. The van der Waals surface area contributed by atoms with Crippen LogP contribution in [0.25, 0.3) is 11.0 Å². The molecule has 0 atom stereocenters. The van der Waals surface area contributed by atoms with Crippen LogP contribution in [0, 0.1) is 0 Å². The maximum Gasteiger partial charge on any atom is 0.277 e. The summed E-state index contributed by atoms with van der Waals surface area (Å²) < 4.78 is 2.04. The number of nitrogens with one attached hydrogen (secondary N) is 1. The number of para-hydroxylation sites is 2. The van der Waals surface area contributed by atoms with Gasteiger partial charge in [0, 0.05) is 36.2 Å². The van der Waals surface area contributed by atoms with Gasteiger partial charge in [0.25, 0.3) is 5.91 Å². The fraction of sp³-hybridized carbons (Fsp3) is 0.238. The molecule has 4 aromatic rings. The Bertz CT molecular complexity index is 1130. The van der Waals surface area contributed by atoms with E-state index in [0.29, 0.717) is 24.1 Å². The van der Waals surface area contributed by atoms with Crippen LogP contribution in [-0.2, 0) is 13.0 Å². The number of hydrogen-bond acceptors (Lipinski definition) is 5. The van der Waals surface area contributed by atoms with Gasteiger partial charge >= 0.3 is 0 Å². The average Bonchev–Trinajstić information content (AvgIpc) is 3.35. The van der Waals surface area contributed by atoms with Crippen LogP contribution in [0.5, 0.6) is 0 Å². The number of fused-ring (bicyclic) bond motifs is 1. The summed E-state index contributed by atoms with van der Waals surface area (Å²) in [5.74, 6) is 0.884. The van der Waals surface area contributed by atoms with Gasteiger partial charge in [0.05, 0.1) is 16.0 Å². The Kier molecular flexibility index (Phi) is 4.37. The summed E-state index contributed by atoms with van der Waals surface area (Å²) in [5.41, 5.74) is 3.32. The Morgan fingerprint density at radius 1 is 1.14 bits per heavy atom. The normalized spacial score (nSPS) is 13.7. The number of pyridine rings is 1. The molecular weight excluding hydrogens is 370 g/mol. The molecule has 3 heterocycles. The van der Waals surface area contributed by atoms with Crippen molar-refractivity contribution in [3.8, 4) is 0 Å². The zero-order chi connectivity index (χ0) is 18.9. The molecule has 0 radical (unpaired) electrons. The minimum absolute atomic E-state index is 0.211. The quantitative estimate of drug-likeness (QED) is 0.535. The molecule has 6 nitrogen and oxygen atoms in total. The van der Waals surface area contributed by atoms with E-state index in [2.05, 4.69) is 20.3 Å². The smallest absolute Gasteiger partial charge is 0.277 e. The first-order chi connectivity index (χ1) is 13.8. The molecule has 5 rings (SSSR count). The molecule has 1 N–H and O–H groups in total. The fourth-order valence-corrected chi connectivity index (χ4v) is 4.22. The van der Waals surface area contributed by atoms with Gasteiger partial charge in [0.15, 0.2) is 0 Å². The molecule has 140 valence electrons. The Balaban J connectivity index is 1.41. The second-order valence-corrected chi connectivity index (χ2v) is 7.84. The lowest BCUT2D eigenvalue weighted by Gasteiger charge is -2.09. The summed E-state index contributed by atoms with van der Waals surface area (Å²) in [6.07, 6.45) is 4.91. The van der Waals surface area contributed by atoms with Crippen LogP contribution < -0.4 is 5.32 Å². The predicted octanol–water partition coefficient (Wildman–Crippen LogP) is 4.26. The van der Waals surface area contributed by atoms with Gasteiger partial charge in [-0.2, -0.15) is 0 Å². The van der Waals surface area contributed by atoms with Crippen LogP contribution >= 0.6 is 11.3 Å². The Labute approximate surface area is 166 Å². The molecule has 0 unspecified atom stereocenters. The maximum absolute atomic E-state index is 12.7. The first-order valence-electron chi connectivity index (χ1n) is 9.40. The zero-order valence-corrected chi connectivity index (χ0v) is 16.0. The van der Waals surface area contributed by atoms with Crippen molar-refractivity contribution in [2.45, 2.75) is 31.7 Å². The summed E-state index contributed by atoms with van der Waals surface area (Å²) in [4.78, 5) is 26.3. The van der Waals surface area contributed by atoms with Crippen molar-refractivity contribution < 1.29 is 4.79 Å². The highest BCUT2D eigenvalue weighted by Crippen LogP contribution is 2.41. The van der Waals surface area contributed by atoms with Crippen LogP contribution in [0.2, 0.25) is 0 Å². The standard InChI is InChI=1S/C21H19N5OS/c27-19(17-13-28-20(23-17)14-8-9-14)25-21-24-16-6-1-2-7-18(16)26(21)12-10-15-5-3-4-11-22-15/h1-7,11,13-14H,8-10,12H2,(H,24,25,27). The molecule has 1 fully saturated rings. The fourth-order valence-electron chi connectivity index (χ4n) is 3.24. The first-order valence-corrected chi connectivity index (χ1v) is 10.3. The summed E-state index contributed by atoms with van der Waals surface area (Å²) in [5, 5.41) is 5.86. The second kappa shape index (κ2) is 7.16. The summed E-state index contributed by atoms with van der Waals surface area (Å²) in [7, 11) is 0. The van der Waals surface area contributed by atoms with Crippen molar-refractivity contribution in [1.29, 1.82) is 0 Å². The second-order valence-electron chi connectivity index (χ2n) is 6.95. The van der Waals surface area contributed by atoms with Crippen molar-refractivity contribution >= 4 is 34.2 Å². The minimum atomic E-state index is -0.211. The monoisotopic (exact) mass is 389 g/mol. The molecule has 1 aromatic carbocycles. The van der Waals surface area contributed by atoms with E-state index in [1.165, 1.54) is 12.8 Å². The van der Waals surface area contributed by atoms with Gasteiger partial charge < -0.3 is 4.57 Å². The molecule has 3 aromatic heterocycles. The molecule has 0 spiro atoms. The third-order valence-electron chi connectivity index (χ3n) is 4.88. The van der Waals surface area contributed by atoms with Crippen LogP contribution in [0.15, 0.2) is 54.0 Å². The SMILES string of the molecule is O=C(Nc1nc2ccccc2n1CCc1ccccn1)c1csc(C2CC2)n1. The van der Waals surface area contributed by atoms with E-state index in [-0.39, 0.29) is 5.91 Å². The topological polar surface area (TPSA) is 72.7 Å². The molecule has 0 aliphatic heterocycles. The highest BCUT2D eigenvalue weighted by Gasteiger charge is 2.27. The molecule has 0 bridgehead atoms. The van der Waals surface area contributed by atoms with Crippen molar-refractivity contribution in [2.24, 2.45) is 0 Å². The van der Waals surface area contributed by atoms with E-state index in [0.717, 1.165) is 28.2 Å². The van der Waals surface area contributed by atoms with E-state index < -0.39 is 0 Å². The number of carbonyl (C=O) groups excluding carboxylic acids is 1. The molecule has 1 amide bonds. The number of nitrogens with zero attached hydrogens (tertiary/aromatic N) is 4. The number of rotatable bonds is 6. The molecule has 1 aliphatic carbocycles. The molecule has 0 saturated heterocycles. The number of amides is 1. The van der Waals surface area contributed by atoms with E-state index >= 15 is 0 Å².